The molecule has 0 aliphatic carbocycles. The third-order valence-electron chi connectivity index (χ3n) is 3.28. The number of nitrogens with zero attached hydrogens (tertiary/aromatic N) is 2. The molecule has 2 rings (SSSR count). The maximum absolute atomic E-state index is 12.3. The number of carbonyl (C=O) groups is 2. The normalized spacial score (nSPS) is 11.4. The van der Waals surface area contributed by atoms with Gasteiger partial charge in [-0.25, -0.2) is 4.79 Å². The van der Waals surface area contributed by atoms with Gasteiger partial charge in [-0.1, -0.05) is 36.4 Å². The van der Waals surface area contributed by atoms with Crippen molar-refractivity contribution in [1.29, 1.82) is 0 Å². The highest BCUT2D eigenvalue weighted by molar-refractivity contribution is 5.93. The number of nitro groups is 1. The lowest BCUT2D eigenvalue weighted by Crippen LogP contribution is -2.31. The van der Waals surface area contributed by atoms with E-state index in [1.165, 1.54) is 23.1 Å². The molecule has 0 aliphatic heterocycles. The number of non-ortho nitro benzene ring substituents is 1. The lowest BCUT2D eigenvalue weighted by Gasteiger charge is -2.21. The number of likely N-dealkylation sites (N-methyl/N-ethyl adjacent to an activating group) is 1. The minimum absolute atomic E-state index is 0.0108. The predicted molar refractivity (Wildman–Crippen MR) is 86.4 cm³/mol. The van der Waals surface area contributed by atoms with Gasteiger partial charge in [0.2, 0.25) is 6.10 Å². The fourth-order valence-electron chi connectivity index (χ4n) is 2.04. The fraction of sp³-hybridized carbons (Fsp3) is 0.176. The van der Waals surface area contributed by atoms with E-state index in [4.69, 9.17) is 4.74 Å². The molecule has 1 amide bonds. The van der Waals surface area contributed by atoms with Crippen LogP contribution in [0.2, 0.25) is 0 Å². The fourth-order valence-corrected chi connectivity index (χ4v) is 2.04. The molecule has 0 N–H and O–H groups in total. The molecule has 0 spiro atoms. The van der Waals surface area contributed by atoms with Crippen molar-refractivity contribution in [2.45, 2.75) is 6.10 Å². The maximum atomic E-state index is 12.3. The molecule has 0 aliphatic rings. The van der Waals surface area contributed by atoms with Crippen molar-refractivity contribution in [3.8, 4) is 0 Å². The SMILES string of the molecule is CN(C)C(=O)[C@@H](OC(=O)c1cccc([N+](=O)[O-])c1)c1ccccc1. The smallest absolute Gasteiger partial charge is 0.339 e. The van der Waals surface area contributed by atoms with Gasteiger partial charge in [-0.15, -0.1) is 0 Å². The number of hydrogen-bond acceptors (Lipinski definition) is 5. The van der Waals surface area contributed by atoms with Gasteiger partial charge in [0.25, 0.3) is 11.6 Å². The van der Waals surface area contributed by atoms with E-state index in [2.05, 4.69) is 0 Å². The second kappa shape index (κ2) is 7.36. The number of amides is 1. The zero-order valence-corrected chi connectivity index (χ0v) is 13.2. The van der Waals surface area contributed by atoms with Gasteiger partial charge in [-0.2, -0.15) is 0 Å². The number of carbonyl (C=O) groups excluding carboxylic acids is 2. The number of benzene rings is 2. The van der Waals surface area contributed by atoms with E-state index in [0.29, 0.717) is 5.56 Å². The molecule has 7 nitrogen and oxygen atoms in total. The van der Waals surface area contributed by atoms with Gasteiger partial charge in [-0.3, -0.25) is 14.9 Å². The van der Waals surface area contributed by atoms with Crippen LogP contribution in [0.25, 0.3) is 0 Å². The highest BCUT2D eigenvalue weighted by atomic mass is 16.6. The summed E-state index contributed by atoms with van der Waals surface area (Å²) < 4.78 is 5.33. The summed E-state index contributed by atoms with van der Waals surface area (Å²) in [5.41, 5.74) is 0.311. The molecular weight excluding hydrogens is 312 g/mol. The van der Waals surface area contributed by atoms with E-state index < -0.39 is 22.9 Å². The van der Waals surface area contributed by atoms with Gasteiger partial charge in [0.1, 0.15) is 0 Å². The van der Waals surface area contributed by atoms with Crippen LogP contribution in [0, 0.1) is 10.1 Å². The Morgan fingerprint density at radius 2 is 1.75 bits per heavy atom. The molecular formula is C17H16N2O5. The highest BCUT2D eigenvalue weighted by Gasteiger charge is 2.27. The first-order valence-corrected chi connectivity index (χ1v) is 7.11. The van der Waals surface area contributed by atoms with Crippen molar-refractivity contribution in [3.63, 3.8) is 0 Å². The molecule has 0 unspecified atom stereocenters. The molecule has 124 valence electrons. The molecule has 0 heterocycles. The molecule has 0 saturated heterocycles. The molecule has 2 aromatic rings. The molecule has 0 fully saturated rings. The summed E-state index contributed by atoms with van der Waals surface area (Å²) in [7, 11) is 3.11. The van der Waals surface area contributed by atoms with Crippen LogP contribution >= 0.6 is 0 Å². The van der Waals surface area contributed by atoms with Crippen LogP contribution in [-0.2, 0) is 9.53 Å². The molecule has 1 atom stereocenters. The molecule has 0 aromatic heterocycles. The lowest BCUT2D eigenvalue weighted by molar-refractivity contribution is -0.384. The summed E-state index contributed by atoms with van der Waals surface area (Å²) in [6.45, 7) is 0. The summed E-state index contributed by atoms with van der Waals surface area (Å²) >= 11 is 0. The number of ether oxygens (including phenoxy) is 1. The van der Waals surface area contributed by atoms with Gasteiger partial charge in [-0.05, 0) is 6.07 Å². The van der Waals surface area contributed by atoms with Crippen LogP contribution in [0.15, 0.2) is 54.6 Å². The van der Waals surface area contributed by atoms with Crippen molar-refractivity contribution < 1.29 is 19.2 Å². The van der Waals surface area contributed by atoms with Gasteiger partial charge in [0.05, 0.1) is 10.5 Å². The average molecular weight is 328 g/mol. The van der Waals surface area contributed by atoms with Crippen LogP contribution in [0.3, 0.4) is 0 Å². The van der Waals surface area contributed by atoms with Crippen molar-refractivity contribution >= 4 is 17.6 Å². The van der Waals surface area contributed by atoms with Crippen LogP contribution in [0.5, 0.6) is 0 Å². The standard InChI is InChI=1S/C17H16N2O5/c1-18(2)16(20)15(12-7-4-3-5-8-12)24-17(21)13-9-6-10-14(11-13)19(22)23/h3-11,15H,1-2H3/t15-/m0/s1. The second-order valence-electron chi connectivity index (χ2n) is 5.24. The molecule has 7 heteroatoms. The molecule has 24 heavy (non-hydrogen) atoms. The quantitative estimate of drug-likeness (QED) is 0.478. The third-order valence-corrected chi connectivity index (χ3v) is 3.28. The first-order chi connectivity index (χ1) is 11.4. The lowest BCUT2D eigenvalue weighted by atomic mass is 10.1. The number of rotatable bonds is 5. The van der Waals surface area contributed by atoms with Crippen molar-refractivity contribution in [2.24, 2.45) is 0 Å². The average Bonchev–Trinajstić information content (AvgIpc) is 2.59. The molecule has 2 aromatic carbocycles. The first-order valence-electron chi connectivity index (χ1n) is 7.11. The summed E-state index contributed by atoms with van der Waals surface area (Å²) in [5, 5.41) is 10.8. The Hall–Kier alpha value is -3.22. The number of nitro benzene ring substituents is 1. The largest absolute Gasteiger partial charge is 0.444 e. The zero-order chi connectivity index (χ0) is 17.7. The Morgan fingerprint density at radius 3 is 2.33 bits per heavy atom. The predicted octanol–water partition coefficient (Wildman–Crippen LogP) is 2.58. The van der Waals surface area contributed by atoms with Crippen molar-refractivity contribution in [1.82, 2.24) is 4.90 Å². The van der Waals surface area contributed by atoms with Crippen molar-refractivity contribution in [3.05, 3.63) is 75.8 Å². The molecule has 0 bridgehead atoms. The minimum Gasteiger partial charge on any atom is -0.444 e. The van der Waals surface area contributed by atoms with Gasteiger partial charge in [0.15, 0.2) is 0 Å². The summed E-state index contributed by atoms with van der Waals surface area (Å²) in [5.74, 6) is -1.21. The van der Waals surface area contributed by atoms with Crippen molar-refractivity contribution in [2.75, 3.05) is 14.1 Å². The summed E-state index contributed by atoms with van der Waals surface area (Å²) in [4.78, 5) is 36.2. The molecule has 0 radical (unpaired) electrons. The minimum atomic E-state index is -1.12. The van der Waals surface area contributed by atoms with E-state index in [-0.39, 0.29) is 11.3 Å². The van der Waals surface area contributed by atoms with Crippen LogP contribution in [-0.4, -0.2) is 35.8 Å². The maximum Gasteiger partial charge on any atom is 0.339 e. The topological polar surface area (TPSA) is 89.8 Å². The van der Waals surface area contributed by atoms with E-state index in [1.807, 2.05) is 0 Å². The first kappa shape index (κ1) is 17.1. The molecule has 0 saturated carbocycles. The van der Waals surface area contributed by atoms with Gasteiger partial charge < -0.3 is 9.64 Å². The van der Waals surface area contributed by atoms with Crippen LogP contribution in [0.1, 0.15) is 22.0 Å². The summed E-state index contributed by atoms with van der Waals surface area (Å²) in [6, 6.07) is 13.8. The van der Waals surface area contributed by atoms with E-state index in [9.17, 15) is 19.7 Å². The second-order valence-corrected chi connectivity index (χ2v) is 5.24. The Labute approximate surface area is 138 Å². The van der Waals surface area contributed by atoms with Gasteiger partial charge >= 0.3 is 5.97 Å². The Bertz CT molecular complexity index is 759. The number of hydrogen-bond donors (Lipinski definition) is 0. The van der Waals surface area contributed by atoms with Crippen LogP contribution in [0.4, 0.5) is 5.69 Å². The number of esters is 1. The summed E-state index contributed by atoms with van der Waals surface area (Å²) in [6.07, 6.45) is -1.12. The van der Waals surface area contributed by atoms with E-state index in [0.717, 1.165) is 6.07 Å². The third kappa shape index (κ3) is 3.95. The van der Waals surface area contributed by atoms with E-state index >= 15 is 0 Å². The van der Waals surface area contributed by atoms with Gasteiger partial charge in [0, 0.05) is 31.8 Å². The van der Waals surface area contributed by atoms with E-state index in [1.54, 1.807) is 44.4 Å². The zero-order valence-electron chi connectivity index (χ0n) is 13.2. The Morgan fingerprint density at radius 1 is 1.08 bits per heavy atom. The highest BCUT2D eigenvalue weighted by Crippen LogP contribution is 2.22. The Kier molecular flexibility index (Phi) is 5.26. The Balaban J connectivity index is 2.29. The van der Waals surface area contributed by atoms with Crippen LogP contribution < -0.4 is 0 Å². The monoisotopic (exact) mass is 328 g/mol.